The third-order valence-corrected chi connectivity index (χ3v) is 4.09. The highest BCUT2D eigenvalue weighted by Crippen LogP contribution is 2.29. The zero-order valence-corrected chi connectivity index (χ0v) is 13.3. The molecule has 0 fully saturated rings. The van der Waals surface area contributed by atoms with Crippen LogP contribution in [-0.2, 0) is 4.79 Å². The van der Waals surface area contributed by atoms with E-state index in [1.807, 2.05) is 13.8 Å². The zero-order chi connectivity index (χ0) is 16.4. The summed E-state index contributed by atoms with van der Waals surface area (Å²) < 4.78 is 27.9. The van der Waals surface area contributed by atoms with Gasteiger partial charge in [0.2, 0.25) is 0 Å². The van der Waals surface area contributed by atoms with Crippen molar-refractivity contribution in [1.29, 1.82) is 0 Å². The molecule has 0 heterocycles. The van der Waals surface area contributed by atoms with E-state index in [9.17, 15) is 13.6 Å². The Labute approximate surface area is 130 Å². The number of halogens is 2. The number of Topliss-reactive ketones (excluding diaryl/α,β-unsaturated/α-hetero) is 1. The molecular weight excluding hydrogens is 282 g/mol. The van der Waals surface area contributed by atoms with Crippen molar-refractivity contribution in [3.63, 3.8) is 0 Å². The molecule has 0 aliphatic carbocycles. The number of carbonyl (C=O) groups excluding carboxylic acids is 1. The van der Waals surface area contributed by atoms with Gasteiger partial charge < -0.3 is 0 Å². The van der Waals surface area contributed by atoms with E-state index in [1.165, 1.54) is 12.1 Å². The maximum absolute atomic E-state index is 14.0. The van der Waals surface area contributed by atoms with Gasteiger partial charge in [-0.15, -0.1) is 0 Å². The molecule has 0 saturated heterocycles. The van der Waals surface area contributed by atoms with Crippen LogP contribution in [0.5, 0.6) is 0 Å². The van der Waals surface area contributed by atoms with Crippen molar-refractivity contribution in [1.82, 2.24) is 0 Å². The lowest BCUT2D eigenvalue weighted by molar-refractivity contribution is -0.121. The predicted molar refractivity (Wildman–Crippen MR) is 84.1 cm³/mol. The molecule has 0 N–H and O–H groups in total. The molecule has 0 amide bonds. The largest absolute Gasteiger partial charge is 0.298 e. The molecule has 2 aromatic carbocycles. The van der Waals surface area contributed by atoms with Crippen LogP contribution in [0, 0.1) is 25.5 Å². The van der Waals surface area contributed by atoms with Gasteiger partial charge in [-0.05, 0) is 37.1 Å². The lowest BCUT2D eigenvalue weighted by Gasteiger charge is -2.19. The number of benzene rings is 2. The quantitative estimate of drug-likeness (QED) is 0.771. The van der Waals surface area contributed by atoms with Crippen molar-refractivity contribution < 1.29 is 13.6 Å². The average molecular weight is 302 g/mol. The van der Waals surface area contributed by atoms with Gasteiger partial charge in [0.15, 0.2) is 0 Å². The van der Waals surface area contributed by atoms with Crippen molar-refractivity contribution in [2.75, 3.05) is 0 Å². The highest BCUT2D eigenvalue weighted by atomic mass is 19.1. The summed E-state index contributed by atoms with van der Waals surface area (Å²) in [5, 5.41) is 0. The first kappa shape index (κ1) is 16.3. The second-order valence-electron chi connectivity index (χ2n) is 5.90. The van der Waals surface area contributed by atoms with Gasteiger partial charge in [0, 0.05) is 11.8 Å². The lowest BCUT2D eigenvalue weighted by Crippen LogP contribution is -2.18. The van der Waals surface area contributed by atoms with Crippen molar-refractivity contribution in [3.05, 3.63) is 70.3 Å². The minimum Gasteiger partial charge on any atom is -0.298 e. The van der Waals surface area contributed by atoms with Crippen LogP contribution in [0.25, 0.3) is 0 Å². The smallest absolute Gasteiger partial charge is 0.147 e. The Kier molecular flexibility index (Phi) is 4.74. The Balaban J connectivity index is 2.34. The monoisotopic (exact) mass is 302 g/mol. The topological polar surface area (TPSA) is 17.1 Å². The minimum atomic E-state index is -0.616. The van der Waals surface area contributed by atoms with Crippen molar-refractivity contribution in [3.8, 4) is 0 Å². The number of ketones is 1. The van der Waals surface area contributed by atoms with Crippen molar-refractivity contribution in [2.24, 2.45) is 0 Å². The van der Waals surface area contributed by atoms with Gasteiger partial charge in [-0.2, -0.15) is 0 Å². The number of rotatable bonds is 4. The van der Waals surface area contributed by atoms with E-state index in [2.05, 4.69) is 0 Å². The Bertz CT molecular complexity index is 647. The maximum atomic E-state index is 14.0. The summed E-state index contributed by atoms with van der Waals surface area (Å²) in [6, 6.07) is 9.42. The van der Waals surface area contributed by atoms with Crippen molar-refractivity contribution >= 4 is 5.78 Å². The molecule has 2 aromatic rings. The first-order valence-corrected chi connectivity index (χ1v) is 7.37. The lowest BCUT2D eigenvalue weighted by atomic mass is 9.84. The zero-order valence-electron chi connectivity index (χ0n) is 13.3. The standard InChI is InChI=1S/C19H20F2O/c1-11-5-7-17(20)15(9-11)13(3)19(22)14(4)16-10-12(2)6-8-18(16)21/h5-10,13-14H,1-4H3. The molecular formula is C19H20F2O. The Morgan fingerprint density at radius 1 is 0.818 bits per heavy atom. The molecule has 2 atom stereocenters. The van der Waals surface area contributed by atoms with E-state index in [0.717, 1.165) is 11.1 Å². The van der Waals surface area contributed by atoms with Crippen LogP contribution in [0.3, 0.4) is 0 Å². The van der Waals surface area contributed by atoms with Gasteiger partial charge in [-0.25, -0.2) is 8.78 Å². The van der Waals surface area contributed by atoms with Crippen LogP contribution < -0.4 is 0 Å². The number of hydrogen-bond acceptors (Lipinski definition) is 1. The highest BCUT2D eigenvalue weighted by Gasteiger charge is 2.26. The molecule has 0 aliphatic heterocycles. The molecule has 3 heteroatoms. The van der Waals surface area contributed by atoms with Gasteiger partial charge >= 0.3 is 0 Å². The Morgan fingerprint density at radius 3 is 1.55 bits per heavy atom. The van der Waals surface area contributed by atoms with E-state index in [-0.39, 0.29) is 5.78 Å². The van der Waals surface area contributed by atoms with Crippen molar-refractivity contribution in [2.45, 2.75) is 39.5 Å². The van der Waals surface area contributed by atoms with Crippen LogP contribution in [0.2, 0.25) is 0 Å². The maximum Gasteiger partial charge on any atom is 0.147 e. The second kappa shape index (κ2) is 6.39. The van der Waals surface area contributed by atoms with Gasteiger partial charge in [-0.3, -0.25) is 4.79 Å². The molecule has 0 radical (unpaired) electrons. The van der Waals surface area contributed by atoms with Crippen LogP contribution >= 0.6 is 0 Å². The minimum absolute atomic E-state index is 0.186. The molecule has 0 aromatic heterocycles. The molecule has 22 heavy (non-hydrogen) atoms. The fourth-order valence-corrected chi connectivity index (χ4v) is 2.67. The molecule has 0 bridgehead atoms. The molecule has 1 nitrogen and oxygen atoms in total. The summed E-state index contributed by atoms with van der Waals surface area (Å²) in [7, 11) is 0. The van der Waals surface area contributed by atoms with Gasteiger partial charge in [0.05, 0.1) is 0 Å². The second-order valence-corrected chi connectivity index (χ2v) is 5.90. The highest BCUT2D eigenvalue weighted by molar-refractivity contribution is 5.91. The number of aryl methyl sites for hydroxylation is 2. The first-order chi connectivity index (χ1) is 10.3. The van der Waals surface area contributed by atoms with Crippen LogP contribution in [0.15, 0.2) is 36.4 Å². The average Bonchev–Trinajstić information content (AvgIpc) is 2.50. The third-order valence-electron chi connectivity index (χ3n) is 4.09. The number of carbonyl (C=O) groups is 1. The summed E-state index contributed by atoms with van der Waals surface area (Å²) in [5.41, 5.74) is 2.52. The Hall–Kier alpha value is -2.03. The van der Waals surface area contributed by atoms with E-state index < -0.39 is 23.5 Å². The van der Waals surface area contributed by atoms with E-state index in [0.29, 0.717) is 11.1 Å². The van der Waals surface area contributed by atoms with Gasteiger partial charge in [0.1, 0.15) is 17.4 Å². The molecule has 2 rings (SSSR count). The molecule has 116 valence electrons. The normalized spacial score (nSPS) is 13.7. The summed E-state index contributed by atoms with van der Waals surface area (Å²) in [4.78, 5) is 12.6. The molecule has 2 unspecified atom stereocenters. The third kappa shape index (κ3) is 3.24. The van der Waals surface area contributed by atoms with Crippen LogP contribution in [0.4, 0.5) is 8.78 Å². The fraction of sp³-hybridized carbons (Fsp3) is 0.316. The van der Waals surface area contributed by atoms with E-state index in [4.69, 9.17) is 0 Å². The van der Waals surface area contributed by atoms with Crippen LogP contribution in [0.1, 0.15) is 47.9 Å². The Morgan fingerprint density at radius 2 is 1.18 bits per heavy atom. The summed E-state index contributed by atoms with van der Waals surface area (Å²) in [5.74, 6) is -2.22. The van der Waals surface area contributed by atoms with Gasteiger partial charge in [0.25, 0.3) is 0 Å². The summed E-state index contributed by atoms with van der Waals surface area (Å²) in [6.45, 7) is 7.04. The van der Waals surface area contributed by atoms with Crippen LogP contribution in [-0.4, -0.2) is 5.78 Å². The van der Waals surface area contributed by atoms with E-state index in [1.54, 1.807) is 38.1 Å². The first-order valence-electron chi connectivity index (χ1n) is 7.37. The molecule has 0 spiro atoms. The van der Waals surface area contributed by atoms with Gasteiger partial charge in [-0.1, -0.05) is 49.2 Å². The predicted octanol–water partition coefficient (Wildman–Crippen LogP) is 5.06. The van der Waals surface area contributed by atoms with E-state index >= 15 is 0 Å². The number of hydrogen-bond donors (Lipinski definition) is 0. The molecule has 0 saturated carbocycles. The summed E-state index contributed by atoms with van der Waals surface area (Å²) in [6.07, 6.45) is 0. The fourth-order valence-electron chi connectivity index (χ4n) is 2.67. The molecule has 0 aliphatic rings. The summed E-state index contributed by atoms with van der Waals surface area (Å²) >= 11 is 0. The SMILES string of the molecule is Cc1ccc(F)c(C(C)C(=O)C(C)c2cc(C)ccc2F)c1.